The molecule has 0 amide bonds. The van der Waals surface area contributed by atoms with Crippen molar-refractivity contribution < 1.29 is 15.3 Å². The molecule has 4 fully saturated rings. The predicted molar refractivity (Wildman–Crippen MR) is 122 cm³/mol. The van der Waals surface area contributed by atoms with Gasteiger partial charge in [-0.05, 0) is 85.9 Å². The SMILES string of the molecule is CC(C)CCCC(C)[C@H]1CCC2C3CC(O)[C@@]4(O)CC(O)CC[C@]4(C)C3CC[C@@]21C. The Morgan fingerprint density at radius 2 is 1.63 bits per heavy atom. The van der Waals surface area contributed by atoms with E-state index in [0.29, 0.717) is 29.6 Å². The summed E-state index contributed by atoms with van der Waals surface area (Å²) >= 11 is 0. The molecule has 10 atom stereocenters. The molecule has 3 nitrogen and oxygen atoms in total. The third kappa shape index (κ3) is 3.41. The van der Waals surface area contributed by atoms with Crippen LogP contribution in [0.2, 0.25) is 0 Å². The highest BCUT2D eigenvalue weighted by atomic mass is 16.3. The zero-order valence-corrected chi connectivity index (χ0v) is 20.2. The first-order valence-corrected chi connectivity index (χ1v) is 13.1. The minimum Gasteiger partial charge on any atom is -0.393 e. The van der Waals surface area contributed by atoms with Gasteiger partial charge in [0.2, 0.25) is 0 Å². The number of rotatable bonds is 5. The second kappa shape index (κ2) is 8.03. The van der Waals surface area contributed by atoms with Crippen LogP contribution in [0.4, 0.5) is 0 Å². The lowest BCUT2D eigenvalue weighted by atomic mass is 9.42. The maximum Gasteiger partial charge on any atom is 0.0985 e. The third-order valence-corrected chi connectivity index (χ3v) is 11.0. The van der Waals surface area contributed by atoms with Crippen LogP contribution >= 0.6 is 0 Å². The Morgan fingerprint density at radius 3 is 2.33 bits per heavy atom. The summed E-state index contributed by atoms with van der Waals surface area (Å²) in [6.07, 6.45) is 10.7. The summed E-state index contributed by atoms with van der Waals surface area (Å²) in [5.74, 6) is 4.13. The monoisotopic (exact) mass is 420 g/mol. The second-order valence-electron chi connectivity index (χ2n) is 12.9. The first-order valence-electron chi connectivity index (χ1n) is 13.1. The largest absolute Gasteiger partial charge is 0.393 e. The molecule has 6 unspecified atom stereocenters. The summed E-state index contributed by atoms with van der Waals surface area (Å²) in [6, 6.07) is 0. The van der Waals surface area contributed by atoms with Crippen molar-refractivity contribution in [3.63, 3.8) is 0 Å². The molecule has 0 saturated heterocycles. The van der Waals surface area contributed by atoms with E-state index in [1.54, 1.807) is 0 Å². The van der Waals surface area contributed by atoms with Crippen molar-refractivity contribution in [2.75, 3.05) is 0 Å². The molecule has 0 aromatic rings. The van der Waals surface area contributed by atoms with Crippen LogP contribution in [0.1, 0.15) is 105 Å². The van der Waals surface area contributed by atoms with Crippen LogP contribution in [-0.2, 0) is 0 Å². The van der Waals surface area contributed by atoms with Crippen molar-refractivity contribution in [1.29, 1.82) is 0 Å². The summed E-state index contributed by atoms with van der Waals surface area (Å²) < 4.78 is 0. The van der Waals surface area contributed by atoms with Gasteiger partial charge in [-0.2, -0.15) is 0 Å². The lowest BCUT2D eigenvalue weighted by Gasteiger charge is -2.65. The van der Waals surface area contributed by atoms with Gasteiger partial charge in [-0.15, -0.1) is 0 Å². The fourth-order valence-electron chi connectivity index (χ4n) is 9.29. The Kier molecular flexibility index (Phi) is 6.17. The highest BCUT2D eigenvalue weighted by Gasteiger charge is 2.67. The third-order valence-electron chi connectivity index (χ3n) is 11.0. The molecule has 0 aliphatic heterocycles. The molecule has 0 aromatic carbocycles. The lowest BCUT2D eigenvalue weighted by Crippen LogP contribution is -2.68. The second-order valence-corrected chi connectivity index (χ2v) is 12.9. The minimum absolute atomic E-state index is 0.253. The molecule has 0 bridgehead atoms. The van der Waals surface area contributed by atoms with E-state index in [9.17, 15) is 15.3 Å². The first-order chi connectivity index (χ1) is 14.0. The molecular weight excluding hydrogens is 372 g/mol. The van der Waals surface area contributed by atoms with E-state index in [0.717, 1.165) is 37.0 Å². The minimum atomic E-state index is -1.11. The van der Waals surface area contributed by atoms with Gasteiger partial charge >= 0.3 is 0 Å². The van der Waals surface area contributed by atoms with Crippen LogP contribution < -0.4 is 0 Å². The fourth-order valence-corrected chi connectivity index (χ4v) is 9.29. The first kappa shape index (κ1) is 23.1. The summed E-state index contributed by atoms with van der Waals surface area (Å²) in [5.41, 5.74) is -0.962. The maximum absolute atomic E-state index is 11.6. The van der Waals surface area contributed by atoms with Crippen LogP contribution in [0.25, 0.3) is 0 Å². The molecule has 3 N–H and O–H groups in total. The molecular formula is C27H48O3. The van der Waals surface area contributed by atoms with Crippen LogP contribution in [0.3, 0.4) is 0 Å². The van der Waals surface area contributed by atoms with E-state index in [2.05, 4.69) is 34.6 Å². The van der Waals surface area contributed by atoms with Gasteiger partial charge in [0.05, 0.1) is 17.8 Å². The van der Waals surface area contributed by atoms with Crippen molar-refractivity contribution in [1.82, 2.24) is 0 Å². The van der Waals surface area contributed by atoms with E-state index in [4.69, 9.17) is 0 Å². The van der Waals surface area contributed by atoms with E-state index >= 15 is 0 Å². The van der Waals surface area contributed by atoms with Gasteiger partial charge in [0.1, 0.15) is 0 Å². The summed E-state index contributed by atoms with van der Waals surface area (Å²) in [4.78, 5) is 0. The standard InChI is InChI=1S/C27H48O3/c1-17(2)7-6-8-18(3)21-9-10-22-20-15-24(29)27(30)16-19(28)11-14-26(27,5)23(20)12-13-25(21,22)4/h17-24,28-30H,6-16H2,1-5H3/t18?,19?,20?,21-,22?,23?,24?,25-,26-,27+/m1/s1. The molecule has 0 heterocycles. The summed E-state index contributed by atoms with van der Waals surface area (Å²) in [5, 5.41) is 33.0. The van der Waals surface area contributed by atoms with Crippen molar-refractivity contribution >= 4 is 0 Å². The van der Waals surface area contributed by atoms with Crippen LogP contribution in [0.15, 0.2) is 0 Å². The topological polar surface area (TPSA) is 60.7 Å². The zero-order chi connectivity index (χ0) is 21.9. The van der Waals surface area contributed by atoms with E-state index < -0.39 is 17.8 Å². The molecule has 4 rings (SSSR count). The van der Waals surface area contributed by atoms with Crippen molar-refractivity contribution in [3.05, 3.63) is 0 Å². The highest BCUT2D eigenvalue weighted by molar-refractivity contribution is 5.17. The van der Waals surface area contributed by atoms with Crippen molar-refractivity contribution in [3.8, 4) is 0 Å². The van der Waals surface area contributed by atoms with E-state index in [1.807, 2.05) is 0 Å². The van der Waals surface area contributed by atoms with Crippen molar-refractivity contribution in [2.45, 2.75) is 123 Å². The molecule has 4 saturated carbocycles. The quantitative estimate of drug-likeness (QED) is 0.546. The number of aliphatic hydroxyl groups excluding tert-OH is 2. The Bertz CT molecular complexity index is 619. The van der Waals surface area contributed by atoms with Gasteiger partial charge in [-0.25, -0.2) is 0 Å². The van der Waals surface area contributed by atoms with Gasteiger partial charge in [0.25, 0.3) is 0 Å². The Morgan fingerprint density at radius 1 is 0.900 bits per heavy atom. The van der Waals surface area contributed by atoms with E-state index in [1.165, 1.54) is 44.9 Å². The maximum atomic E-state index is 11.6. The van der Waals surface area contributed by atoms with E-state index in [-0.39, 0.29) is 5.41 Å². The molecule has 174 valence electrons. The normalized spacial score (nSPS) is 51.9. The molecule has 0 radical (unpaired) electrons. The molecule has 4 aliphatic carbocycles. The summed E-state index contributed by atoms with van der Waals surface area (Å²) in [6.45, 7) is 12.0. The molecule has 3 heteroatoms. The highest BCUT2D eigenvalue weighted by Crippen LogP contribution is 2.69. The Hall–Kier alpha value is -0.120. The Labute approximate surface area is 185 Å². The lowest BCUT2D eigenvalue weighted by molar-refractivity contribution is -0.264. The fraction of sp³-hybridized carbons (Fsp3) is 1.00. The number of aliphatic hydroxyl groups is 3. The molecule has 0 spiro atoms. The van der Waals surface area contributed by atoms with Gasteiger partial charge in [0.15, 0.2) is 0 Å². The van der Waals surface area contributed by atoms with Crippen LogP contribution in [0.5, 0.6) is 0 Å². The smallest absolute Gasteiger partial charge is 0.0985 e. The van der Waals surface area contributed by atoms with Gasteiger partial charge in [0, 0.05) is 11.8 Å². The zero-order valence-electron chi connectivity index (χ0n) is 20.2. The predicted octanol–water partition coefficient (Wildman–Crippen LogP) is 5.55. The average molecular weight is 421 g/mol. The van der Waals surface area contributed by atoms with Crippen LogP contribution in [-0.4, -0.2) is 33.1 Å². The van der Waals surface area contributed by atoms with Crippen LogP contribution in [0, 0.1) is 46.3 Å². The molecule has 4 aliphatic rings. The molecule has 30 heavy (non-hydrogen) atoms. The number of hydrogen-bond acceptors (Lipinski definition) is 3. The Balaban J connectivity index is 1.53. The number of fused-ring (bicyclic) bond motifs is 5. The van der Waals surface area contributed by atoms with Gasteiger partial charge in [-0.1, -0.05) is 53.9 Å². The van der Waals surface area contributed by atoms with Gasteiger partial charge in [-0.3, -0.25) is 0 Å². The summed E-state index contributed by atoms with van der Waals surface area (Å²) in [7, 11) is 0. The number of hydrogen-bond donors (Lipinski definition) is 3. The average Bonchev–Trinajstić information content (AvgIpc) is 3.01. The molecule has 0 aromatic heterocycles. The van der Waals surface area contributed by atoms with Crippen molar-refractivity contribution in [2.24, 2.45) is 46.3 Å². The van der Waals surface area contributed by atoms with Gasteiger partial charge < -0.3 is 15.3 Å².